The van der Waals surface area contributed by atoms with Crippen LogP contribution in [0.3, 0.4) is 0 Å². The van der Waals surface area contributed by atoms with Gasteiger partial charge in [0.05, 0.1) is 11.8 Å². The van der Waals surface area contributed by atoms with Gasteiger partial charge in [0, 0.05) is 6.20 Å². The smallest absolute Gasteiger partial charge is 0.335 e. The van der Waals surface area contributed by atoms with E-state index in [9.17, 15) is 13.2 Å². The number of carboxylic acids is 1. The lowest BCUT2D eigenvalue weighted by Gasteiger charge is -2.02. The molecular formula is C7H8N2O4S. The maximum Gasteiger partial charge on any atom is 0.335 e. The zero-order chi connectivity index (χ0) is 10.8. The van der Waals surface area contributed by atoms with Gasteiger partial charge in [0.2, 0.25) is 10.0 Å². The van der Waals surface area contributed by atoms with E-state index in [2.05, 4.69) is 9.71 Å². The monoisotopic (exact) mass is 216 g/mol. The summed E-state index contributed by atoms with van der Waals surface area (Å²) in [4.78, 5) is 14.2. The van der Waals surface area contributed by atoms with Crippen LogP contribution >= 0.6 is 0 Å². The van der Waals surface area contributed by atoms with Gasteiger partial charge in [0.25, 0.3) is 0 Å². The number of nitrogens with zero attached hydrogens (tertiary/aromatic N) is 1. The summed E-state index contributed by atoms with van der Waals surface area (Å²) >= 11 is 0. The first-order chi connectivity index (χ1) is 6.38. The summed E-state index contributed by atoms with van der Waals surface area (Å²) in [5, 5.41) is 8.60. The number of hydrogen-bond donors (Lipinski definition) is 2. The van der Waals surface area contributed by atoms with E-state index in [0.717, 1.165) is 12.3 Å². The number of anilines is 1. The van der Waals surface area contributed by atoms with E-state index in [-0.39, 0.29) is 11.4 Å². The molecule has 0 aliphatic rings. The lowest BCUT2D eigenvalue weighted by Crippen LogP contribution is -2.11. The van der Waals surface area contributed by atoms with Crippen LogP contribution in [0.25, 0.3) is 0 Å². The van der Waals surface area contributed by atoms with Gasteiger partial charge < -0.3 is 5.11 Å². The molecule has 0 spiro atoms. The van der Waals surface area contributed by atoms with Crippen LogP contribution < -0.4 is 4.72 Å². The molecule has 0 aliphatic carbocycles. The Bertz CT molecular complexity index is 455. The van der Waals surface area contributed by atoms with Crippen molar-refractivity contribution in [2.24, 2.45) is 0 Å². The summed E-state index contributed by atoms with van der Waals surface area (Å²) in [6, 6.07) is 2.42. The lowest BCUT2D eigenvalue weighted by molar-refractivity contribution is 0.0697. The van der Waals surface area contributed by atoms with Crippen LogP contribution in [-0.4, -0.2) is 30.7 Å². The Kier molecular flexibility index (Phi) is 2.70. The van der Waals surface area contributed by atoms with E-state index in [1.54, 1.807) is 0 Å². The number of nitrogens with one attached hydrogen (secondary N) is 1. The third-order valence-electron chi connectivity index (χ3n) is 1.30. The van der Waals surface area contributed by atoms with Gasteiger partial charge in [0.15, 0.2) is 0 Å². The molecule has 14 heavy (non-hydrogen) atoms. The highest BCUT2D eigenvalue weighted by Crippen LogP contribution is 2.07. The van der Waals surface area contributed by atoms with Crippen molar-refractivity contribution in [1.82, 2.24) is 4.98 Å². The average Bonchev–Trinajstić information content (AvgIpc) is 2.01. The molecule has 1 rings (SSSR count). The second-order valence-corrected chi connectivity index (χ2v) is 4.36. The number of carboxylic acid groups (broad SMARTS) is 1. The van der Waals surface area contributed by atoms with Crippen molar-refractivity contribution in [2.45, 2.75) is 0 Å². The van der Waals surface area contributed by atoms with Gasteiger partial charge >= 0.3 is 5.97 Å². The van der Waals surface area contributed by atoms with E-state index in [1.165, 1.54) is 12.3 Å². The van der Waals surface area contributed by atoms with E-state index in [0.29, 0.717) is 0 Å². The van der Waals surface area contributed by atoms with Crippen molar-refractivity contribution in [3.8, 4) is 0 Å². The Labute approximate surface area is 80.6 Å². The van der Waals surface area contributed by atoms with Gasteiger partial charge in [-0.1, -0.05) is 0 Å². The fourth-order valence-corrected chi connectivity index (χ4v) is 1.30. The first-order valence-corrected chi connectivity index (χ1v) is 5.45. The molecule has 0 fully saturated rings. The fourth-order valence-electron chi connectivity index (χ4n) is 0.809. The quantitative estimate of drug-likeness (QED) is 0.749. The van der Waals surface area contributed by atoms with E-state index < -0.39 is 16.0 Å². The van der Waals surface area contributed by atoms with E-state index >= 15 is 0 Å². The van der Waals surface area contributed by atoms with Gasteiger partial charge in [-0.2, -0.15) is 0 Å². The molecule has 0 aromatic carbocycles. The molecule has 1 aromatic rings. The van der Waals surface area contributed by atoms with Crippen LogP contribution in [0.4, 0.5) is 5.82 Å². The normalized spacial score (nSPS) is 10.9. The standard InChI is InChI=1S/C7H8N2O4S/c1-14(12,13)9-6-4-5(7(10)11)2-3-8-6/h2-4H,1H3,(H,8,9)(H,10,11). The first-order valence-electron chi connectivity index (χ1n) is 3.55. The zero-order valence-corrected chi connectivity index (χ0v) is 8.08. The van der Waals surface area contributed by atoms with Crippen LogP contribution in [-0.2, 0) is 10.0 Å². The van der Waals surface area contributed by atoms with Crippen molar-refractivity contribution in [1.29, 1.82) is 0 Å². The summed E-state index contributed by atoms with van der Waals surface area (Å²) in [6.45, 7) is 0. The highest BCUT2D eigenvalue weighted by Gasteiger charge is 2.06. The molecule has 0 saturated heterocycles. The van der Waals surface area contributed by atoms with Crippen LogP contribution in [0.2, 0.25) is 0 Å². The zero-order valence-electron chi connectivity index (χ0n) is 7.26. The van der Waals surface area contributed by atoms with Crippen molar-refractivity contribution in [3.05, 3.63) is 23.9 Å². The number of carbonyl (C=O) groups is 1. The van der Waals surface area contributed by atoms with Crippen LogP contribution in [0.1, 0.15) is 10.4 Å². The number of hydrogen-bond acceptors (Lipinski definition) is 4. The SMILES string of the molecule is CS(=O)(=O)Nc1cc(C(=O)O)ccn1. The number of aromatic carboxylic acids is 1. The highest BCUT2D eigenvalue weighted by atomic mass is 32.2. The molecule has 0 unspecified atom stereocenters. The Morgan fingerprint density at radius 1 is 1.57 bits per heavy atom. The largest absolute Gasteiger partial charge is 0.478 e. The summed E-state index contributed by atoms with van der Waals surface area (Å²) in [5.74, 6) is -1.14. The van der Waals surface area contributed by atoms with Crippen molar-refractivity contribution >= 4 is 21.8 Å². The summed E-state index contributed by atoms with van der Waals surface area (Å²) in [5.41, 5.74) is -0.0221. The minimum absolute atomic E-state index is 0.00704. The van der Waals surface area contributed by atoms with Crippen molar-refractivity contribution in [3.63, 3.8) is 0 Å². The van der Waals surface area contributed by atoms with Crippen LogP contribution in [0, 0.1) is 0 Å². The topological polar surface area (TPSA) is 96.4 Å². The lowest BCUT2D eigenvalue weighted by atomic mass is 10.3. The molecule has 1 aromatic heterocycles. The second kappa shape index (κ2) is 3.62. The number of rotatable bonds is 3. The van der Waals surface area contributed by atoms with Gasteiger partial charge in [-0.15, -0.1) is 0 Å². The Balaban J connectivity index is 3.01. The first kappa shape index (κ1) is 10.5. The van der Waals surface area contributed by atoms with Gasteiger partial charge in [0.1, 0.15) is 5.82 Å². The number of pyridine rings is 1. The number of aromatic nitrogens is 1. The van der Waals surface area contributed by atoms with E-state index in [4.69, 9.17) is 5.11 Å². The summed E-state index contributed by atoms with van der Waals surface area (Å²) < 4.78 is 23.6. The molecule has 0 radical (unpaired) electrons. The molecule has 0 aliphatic heterocycles. The van der Waals surface area contributed by atoms with Gasteiger partial charge in [-0.25, -0.2) is 18.2 Å². The minimum atomic E-state index is -3.43. The molecule has 6 nitrogen and oxygen atoms in total. The Morgan fingerprint density at radius 2 is 2.21 bits per heavy atom. The minimum Gasteiger partial charge on any atom is -0.478 e. The molecule has 2 N–H and O–H groups in total. The maximum absolute atomic E-state index is 10.8. The summed E-state index contributed by atoms with van der Waals surface area (Å²) in [6.07, 6.45) is 2.18. The summed E-state index contributed by atoms with van der Waals surface area (Å²) in [7, 11) is -3.43. The van der Waals surface area contributed by atoms with Crippen molar-refractivity contribution in [2.75, 3.05) is 11.0 Å². The van der Waals surface area contributed by atoms with Gasteiger partial charge in [-0.05, 0) is 12.1 Å². The fraction of sp³-hybridized carbons (Fsp3) is 0.143. The molecule has 0 atom stereocenters. The molecule has 7 heteroatoms. The molecule has 76 valence electrons. The number of sulfonamides is 1. The average molecular weight is 216 g/mol. The third-order valence-corrected chi connectivity index (χ3v) is 1.88. The third kappa shape index (κ3) is 3.02. The predicted octanol–water partition coefficient (Wildman–Crippen LogP) is 0.151. The second-order valence-electron chi connectivity index (χ2n) is 2.61. The molecule has 0 amide bonds. The molecule has 1 heterocycles. The van der Waals surface area contributed by atoms with Crippen LogP contribution in [0.5, 0.6) is 0 Å². The Hall–Kier alpha value is -1.63. The Morgan fingerprint density at radius 3 is 2.71 bits per heavy atom. The van der Waals surface area contributed by atoms with Crippen molar-refractivity contribution < 1.29 is 18.3 Å². The maximum atomic E-state index is 10.8. The van der Waals surface area contributed by atoms with Crippen LogP contribution in [0.15, 0.2) is 18.3 Å². The molecular weight excluding hydrogens is 208 g/mol. The van der Waals surface area contributed by atoms with Gasteiger partial charge in [-0.3, -0.25) is 4.72 Å². The molecule has 0 saturated carbocycles. The highest BCUT2D eigenvalue weighted by molar-refractivity contribution is 7.92. The van der Waals surface area contributed by atoms with E-state index in [1.807, 2.05) is 0 Å². The molecule has 0 bridgehead atoms. The predicted molar refractivity (Wildman–Crippen MR) is 49.7 cm³/mol.